The number of aryl methyl sites for hydroxylation is 1. The number of nitrogens with zero attached hydrogens (tertiary/aromatic N) is 2. The molecule has 14 heavy (non-hydrogen) atoms. The Bertz CT molecular complexity index is 285. The maximum atomic E-state index is 9.28. The molecular weight excluding hydrogens is 178 g/mol. The molecule has 0 radical (unpaired) electrons. The largest absolute Gasteiger partial charge is 0.394 e. The van der Waals surface area contributed by atoms with Crippen LogP contribution in [0.15, 0.2) is 12.4 Å². The minimum atomic E-state index is -0.285. The molecule has 2 N–H and O–H groups in total. The van der Waals surface area contributed by atoms with Crippen LogP contribution >= 0.6 is 0 Å². The van der Waals surface area contributed by atoms with Crippen LogP contribution in [-0.4, -0.2) is 33.6 Å². The highest BCUT2D eigenvalue weighted by atomic mass is 16.3. The smallest absolute Gasteiger partial charge is 0.0628 e. The fourth-order valence-electron chi connectivity index (χ4n) is 1.50. The first kappa shape index (κ1) is 11.2. The van der Waals surface area contributed by atoms with Crippen molar-refractivity contribution in [1.82, 2.24) is 15.1 Å². The van der Waals surface area contributed by atoms with Gasteiger partial charge in [-0.3, -0.25) is 4.68 Å². The molecule has 1 aromatic heterocycles. The Morgan fingerprint density at radius 2 is 2.36 bits per heavy atom. The molecule has 0 saturated heterocycles. The zero-order valence-electron chi connectivity index (χ0n) is 9.12. The van der Waals surface area contributed by atoms with Gasteiger partial charge in [-0.25, -0.2) is 0 Å². The zero-order chi connectivity index (χ0) is 10.6. The predicted octanol–water partition coefficient (Wildman–Crippen LogP) is 0.552. The molecule has 0 aliphatic heterocycles. The third-order valence-corrected chi connectivity index (χ3v) is 2.23. The van der Waals surface area contributed by atoms with Crippen molar-refractivity contribution in [2.75, 3.05) is 13.2 Å². The van der Waals surface area contributed by atoms with E-state index >= 15 is 0 Å². The van der Waals surface area contributed by atoms with Crippen LogP contribution in [-0.2, 0) is 6.54 Å². The molecule has 0 aliphatic rings. The number of aliphatic hydroxyl groups is 1. The van der Waals surface area contributed by atoms with Gasteiger partial charge in [0.1, 0.15) is 0 Å². The highest BCUT2D eigenvalue weighted by Crippen LogP contribution is 2.06. The normalized spacial score (nSPS) is 15.4. The van der Waals surface area contributed by atoms with Gasteiger partial charge in [-0.05, 0) is 26.0 Å². The van der Waals surface area contributed by atoms with Crippen LogP contribution in [0.2, 0.25) is 0 Å². The van der Waals surface area contributed by atoms with E-state index in [2.05, 4.69) is 10.4 Å². The first-order valence-corrected chi connectivity index (χ1v) is 4.94. The third-order valence-electron chi connectivity index (χ3n) is 2.23. The van der Waals surface area contributed by atoms with Crippen LogP contribution in [0, 0.1) is 6.92 Å². The topological polar surface area (TPSA) is 50.1 Å². The van der Waals surface area contributed by atoms with Crippen LogP contribution in [0.5, 0.6) is 0 Å². The van der Waals surface area contributed by atoms with Gasteiger partial charge in [0.2, 0.25) is 0 Å². The Labute approximate surface area is 84.9 Å². The molecule has 4 heteroatoms. The first-order chi connectivity index (χ1) is 6.59. The zero-order valence-corrected chi connectivity index (χ0v) is 9.12. The minimum Gasteiger partial charge on any atom is -0.394 e. The Kier molecular flexibility index (Phi) is 3.66. The number of rotatable bonds is 5. The molecule has 1 rings (SSSR count). The van der Waals surface area contributed by atoms with E-state index in [0.717, 1.165) is 12.1 Å². The molecule has 80 valence electrons. The Hall–Kier alpha value is -0.870. The molecular formula is C10H19N3O. The molecule has 1 aromatic rings. The second kappa shape index (κ2) is 4.57. The molecule has 1 atom stereocenters. The van der Waals surface area contributed by atoms with E-state index in [1.165, 1.54) is 0 Å². The van der Waals surface area contributed by atoms with E-state index in [-0.39, 0.29) is 12.1 Å². The van der Waals surface area contributed by atoms with Gasteiger partial charge in [-0.15, -0.1) is 0 Å². The summed E-state index contributed by atoms with van der Waals surface area (Å²) in [5.74, 6) is 0. The van der Waals surface area contributed by atoms with Crippen molar-refractivity contribution in [3.8, 4) is 0 Å². The molecule has 0 fully saturated rings. The number of hydrogen-bond acceptors (Lipinski definition) is 3. The lowest BCUT2D eigenvalue weighted by atomic mass is 10.0. The number of aromatic nitrogens is 2. The van der Waals surface area contributed by atoms with E-state index < -0.39 is 0 Å². The SMILES string of the molecule is CCNC(C)(CO)Cn1cc(C)cn1. The number of aliphatic hydroxyl groups excluding tert-OH is 1. The number of hydrogen-bond donors (Lipinski definition) is 2. The van der Waals surface area contributed by atoms with E-state index in [0.29, 0.717) is 6.54 Å². The summed E-state index contributed by atoms with van der Waals surface area (Å²) in [7, 11) is 0. The van der Waals surface area contributed by atoms with Crippen LogP contribution in [0.4, 0.5) is 0 Å². The van der Waals surface area contributed by atoms with Crippen molar-refractivity contribution in [3.63, 3.8) is 0 Å². The van der Waals surface area contributed by atoms with E-state index in [4.69, 9.17) is 0 Å². The minimum absolute atomic E-state index is 0.111. The maximum absolute atomic E-state index is 9.28. The summed E-state index contributed by atoms with van der Waals surface area (Å²) in [6.07, 6.45) is 3.80. The standard InChI is InChI=1S/C10H19N3O/c1-4-11-10(3,8-14)7-13-6-9(2)5-12-13/h5-6,11,14H,4,7-8H2,1-3H3. The van der Waals surface area contributed by atoms with Crippen molar-refractivity contribution in [2.24, 2.45) is 0 Å². The summed E-state index contributed by atoms with van der Waals surface area (Å²) < 4.78 is 1.86. The molecule has 0 spiro atoms. The van der Waals surface area contributed by atoms with Crippen molar-refractivity contribution < 1.29 is 5.11 Å². The molecule has 0 saturated carbocycles. The van der Waals surface area contributed by atoms with Gasteiger partial charge in [0.15, 0.2) is 0 Å². The van der Waals surface area contributed by atoms with Crippen molar-refractivity contribution in [3.05, 3.63) is 18.0 Å². The summed E-state index contributed by atoms with van der Waals surface area (Å²) in [6.45, 7) is 7.67. The second-order valence-electron chi connectivity index (χ2n) is 3.96. The second-order valence-corrected chi connectivity index (χ2v) is 3.96. The Morgan fingerprint density at radius 1 is 1.64 bits per heavy atom. The fraction of sp³-hybridized carbons (Fsp3) is 0.700. The van der Waals surface area contributed by atoms with Crippen molar-refractivity contribution >= 4 is 0 Å². The van der Waals surface area contributed by atoms with Crippen LogP contribution < -0.4 is 5.32 Å². The van der Waals surface area contributed by atoms with Gasteiger partial charge in [0.05, 0.1) is 24.9 Å². The molecule has 1 heterocycles. The number of likely N-dealkylation sites (N-methyl/N-ethyl adjacent to an activating group) is 1. The lowest BCUT2D eigenvalue weighted by molar-refractivity contribution is 0.155. The highest BCUT2D eigenvalue weighted by molar-refractivity contribution is 5.00. The summed E-state index contributed by atoms with van der Waals surface area (Å²) in [5, 5.41) is 16.7. The Balaban J connectivity index is 2.64. The molecule has 0 amide bonds. The third kappa shape index (κ3) is 2.82. The lowest BCUT2D eigenvalue weighted by Crippen LogP contribution is -2.49. The maximum Gasteiger partial charge on any atom is 0.0628 e. The summed E-state index contributed by atoms with van der Waals surface area (Å²) in [6, 6.07) is 0. The summed E-state index contributed by atoms with van der Waals surface area (Å²) in [4.78, 5) is 0. The average molecular weight is 197 g/mol. The predicted molar refractivity (Wildman–Crippen MR) is 56.1 cm³/mol. The van der Waals surface area contributed by atoms with Crippen LogP contribution in [0.3, 0.4) is 0 Å². The molecule has 4 nitrogen and oxygen atoms in total. The quantitative estimate of drug-likeness (QED) is 0.725. The van der Waals surface area contributed by atoms with Gasteiger partial charge in [-0.2, -0.15) is 5.10 Å². The van der Waals surface area contributed by atoms with E-state index in [1.807, 2.05) is 37.8 Å². The van der Waals surface area contributed by atoms with Crippen molar-refractivity contribution in [2.45, 2.75) is 32.9 Å². The average Bonchev–Trinajstić information content (AvgIpc) is 2.51. The molecule has 0 aromatic carbocycles. The van der Waals surface area contributed by atoms with Crippen molar-refractivity contribution in [1.29, 1.82) is 0 Å². The van der Waals surface area contributed by atoms with Gasteiger partial charge in [-0.1, -0.05) is 6.92 Å². The molecule has 0 bridgehead atoms. The van der Waals surface area contributed by atoms with E-state index in [1.54, 1.807) is 0 Å². The summed E-state index contributed by atoms with van der Waals surface area (Å²) >= 11 is 0. The highest BCUT2D eigenvalue weighted by Gasteiger charge is 2.22. The molecule has 0 aliphatic carbocycles. The van der Waals surface area contributed by atoms with Gasteiger partial charge in [0, 0.05) is 6.20 Å². The monoisotopic (exact) mass is 197 g/mol. The Morgan fingerprint density at radius 3 is 2.79 bits per heavy atom. The molecule has 1 unspecified atom stereocenters. The fourth-order valence-corrected chi connectivity index (χ4v) is 1.50. The van der Waals surface area contributed by atoms with Gasteiger partial charge in [0.25, 0.3) is 0 Å². The summed E-state index contributed by atoms with van der Waals surface area (Å²) in [5.41, 5.74) is 0.856. The van der Waals surface area contributed by atoms with Gasteiger partial charge < -0.3 is 10.4 Å². The number of nitrogens with one attached hydrogen (secondary N) is 1. The van der Waals surface area contributed by atoms with Gasteiger partial charge >= 0.3 is 0 Å². The van der Waals surface area contributed by atoms with E-state index in [9.17, 15) is 5.11 Å². The van der Waals surface area contributed by atoms with Crippen LogP contribution in [0.25, 0.3) is 0 Å². The van der Waals surface area contributed by atoms with Crippen LogP contribution in [0.1, 0.15) is 19.4 Å². The first-order valence-electron chi connectivity index (χ1n) is 4.94. The lowest BCUT2D eigenvalue weighted by Gasteiger charge is -2.28.